The molecule has 0 amide bonds. The fraction of sp³-hybridized carbons (Fsp3) is 0.846. The van der Waals surface area contributed by atoms with Gasteiger partial charge in [0.1, 0.15) is 0 Å². The summed E-state index contributed by atoms with van der Waals surface area (Å²) < 4.78 is 0. The Morgan fingerprint density at radius 1 is 1.40 bits per heavy atom. The highest BCUT2D eigenvalue weighted by molar-refractivity contribution is 4.88. The Morgan fingerprint density at radius 2 is 2.00 bits per heavy atom. The Labute approximate surface area is 95.4 Å². The first kappa shape index (κ1) is 14.5. The summed E-state index contributed by atoms with van der Waals surface area (Å²) in [6, 6.07) is 0.572. The van der Waals surface area contributed by atoms with Crippen molar-refractivity contribution in [3.63, 3.8) is 0 Å². The van der Waals surface area contributed by atoms with Crippen LogP contribution < -0.4 is 5.32 Å². The monoisotopic (exact) mass is 210 g/mol. The topological polar surface area (TPSA) is 15.3 Å². The highest BCUT2D eigenvalue weighted by atomic mass is 15.1. The van der Waals surface area contributed by atoms with Crippen LogP contribution in [0.2, 0.25) is 0 Å². The summed E-state index contributed by atoms with van der Waals surface area (Å²) in [6.45, 7) is 10.6. The molecule has 0 aromatic heterocycles. The third-order valence-corrected chi connectivity index (χ3v) is 2.55. The van der Waals surface area contributed by atoms with E-state index in [1.807, 2.05) is 0 Å². The van der Waals surface area contributed by atoms with Crippen LogP contribution >= 0.6 is 0 Å². The molecule has 1 unspecified atom stereocenters. The molecule has 0 bridgehead atoms. The zero-order valence-corrected chi connectivity index (χ0v) is 10.9. The highest BCUT2D eigenvalue weighted by Gasteiger charge is 2.10. The molecule has 0 aromatic rings. The van der Waals surface area contributed by atoms with E-state index in [1.165, 1.54) is 12.8 Å². The van der Waals surface area contributed by atoms with Crippen molar-refractivity contribution in [3.8, 4) is 12.3 Å². The molecule has 15 heavy (non-hydrogen) atoms. The number of rotatable bonds is 6. The normalized spacial score (nSPS) is 13.9. The molecule has 0 heterocycles. The van der Waals surface area contributed by atoms with Gasteiger partial charge in [0.2, 0.25) is 0 Å². The Morgan fingerprint density at radius 3 is 2.47 bits per heavy atom. The average molecular weight is 210 g/mol. The maximum atomic E-state index is 5.28. The maximum Gasteiger partial charge on any atom is 0.0598 e. The average Bonchev–Trinajstić information content (AvgIpc) is 2.11. The van der Waals surface area contributed by atoms with E-state index < -0.39 is 0 Å². The first-order valence-corrected chi connectivity index (χ1v) is 5.75. The lowest BCUT2D eigenvalue weighted by Crippen LogP contribution is -2.37. The number of hydrogen-bond donors (Lipinski definition) is 1. The Bertz CT molecular complexity index is 198. The van der Waals surface area contributed by atoms with Crippen LogP contribution in [0.15, 0.2) is 0 Å². The summed E-state index contributed by atoms with van der Waals surface area (Å²) in [5, 5.41) is 3.49. The van der Waals surface area contributed by atoms with Gasteiger partial charge in [0.05, 0.1) is 6.54 Å². The lowest BCUT2D eigenvalue weighted by molar-refractivity contribution is 0.267. The minimum absolute atomic E-state index is 0.230. The van der Waals surface area contributed by atoms with Crippen LogP contribution in [0.4, 0.5) is 0 Å². The van der Waals surface area contributed by atoms with E-state index in [0.717, 1.165) is 13.1 Å². The summed E-state index contributed by atoms with van der Waals surface area (Å²) in [6.07, 6.45) is 7.67. The summed E-state index contributed by atoms with van der Waals surface area (Å²) >= 11 is 0. The maximum absolute atomic E-state index is 5.28. The zero-order valence-electron chi connectivity index (χ0n) is 10.9. The number of nitrogens with one attached hydrogen (secondary N) is 1. The first-order chi connectivity index (χ1) is 6.87. The van der Waals surface area contributed by atoms with Gasteiger partial charge in [0.15, 0.2) is 0 Å². The molecule has 0 rings (SSSR count). The second kappa shape index (κ2) is 6.87. The van der Waals surface area contributed by atoms with Gasteiger partial charge in [0, 0.05) is 11.6 Å². The third-order valence-electron chi connectivity index (χ3n) is 2.55. The van der Waals surface area contributed by atoms with Gasteiger partial charge < -0.3 is 5.32 Å². The van der Waals surface area contributed by atoms with Gasteiger partial charge in [-0.1, -0.05) is 5.92 Å². The second-order valence-electron chi connectivity index (χ2n) is 5.29. The summed E-state index contributed by atoms with van der Waals surface area (Å²) in [4.78, 5) is 2.22. The van der Waals surface area contributed by atoms with E-state index in [0.29, 0.717) is 6.04 Å². The van der Waals surface area contributed by atoms with Crippen molar-refractivity contribution in [1.29, 1.82) is 0 Å². The van der Waals surface area contributed by atoms with Crippen LogP contribution in [-0.2, 0) is 0 Å². The molecule has 0 spiro atoms. The van der Waals surface area contributed by atoms with Crippen LogP contribution in [0.5, 0.6) is 0 Å². The number of terminal acetylenes is 1. The van der Waals surface area contributed by atoms with E-state index in [1.54, 1.807) is 0 Å². The minimum atomic E-state index is 0.230. The summed E-state index contributed by atoms with van der Waals surface area (Å²) in [5.41, 5.74) is 0.230. The fourth-order valence-corrected chi connectivity index (χ4v) is 1.38. The van der Waals surface area contributed by atoms with Gasteiger partial charge in [-0.2, -0.15) is 0 Å². The van der Waals surface area contributed by atoms with Crippen LogP contribution in [0, 0.1) is 12.3 Å². The van der Waals surface area contributed by atoms with Gasteiger partial charge in [-0.05, 0) is 54.1 Å². The lowest BCUT2D eigenvalue weighted by atomic mass is 10.1. The molecule has 1 atom stereocenters. The molecule has 0 saturated carbocycles. The molecular weight excluding hydrogens is 184 g/mol. The third kappa shape index (κ3) is 8.47. The van der Waals surface area contributed by atoms with Crippen molar-refractivity contribution in [2.75, 3.05) is 20.1 Å². The Balaban J connectivity index is 3.56. The molecular formula is C13H26N2. The lowest BCUT2D eigenvalue weighted by Gasteiger charge is -2.24. The summed E-state index contributed by atoms with van der Waals surface area (Å²) in [7, 11) is 2.09. The molecule has 2 heteroatoms. The minimum Gasteiger partial charge on any atom is -0.312 e. The number of nitrogens with zero attached hydrogens (tertiary/aromatic N) is 1. The van der Waals surface area contributed by atoms with Crippen LogP contribution in [0.3, 0.4) is 0 Å². The fourth-order valence-electron chi connectivity index (χ4n) is 1.38. The molecule has 88 valence electrons. The van der Waals surface area contributed by atoms with E-state index in [9.17, 15) is 0 Å². The van der Waals surface area contributed by atoms with Crippen molar-refractivity contribution in [1.82, 2.24) is 10.2 Å². The van der Waals surface area contributed by atoms with Gasteiger partial charge in [0.25, 0.3) is 0 Å². The summed E-state index contributed by atoms with van der Waals surface area (Å²) in [5.74, 6) is 2.67. The SMILES string of the molecule is C#CCN(C)C(C)CCCNC(C)(C)C. The Kier molecular flexibility index (Phi) is 6.63. The van der Waals surface area contributed by atoms with Crippen molar-refractivity contribution < 1.29 is 0 Å². The predicted molar refractivity (Wildman–Crippen MR) is 67.9 cm³/mol. The molecule has 0 saturated heterocycles. The van der Waals surface area contributed by atoms with Crippen molar-refractivity contribution in [3.05, 3.63) is 0 Å². The molecule has 1 N–H and O–H groups in total. The largest absolute Gasteiger partial charge is 0.312 e. The predicted octanol–water partition coefficient (Wildman–Crippen LogP) is 2.11. The van der Waals surface area contributed by atoms with Crippen LogP contribution in [-0.4, -0.2) is 36.6 Å². The molecule has 0 aliphatic heterocycles. The first-order valence-electron chi connectivity index (χ1n) is 5.75. The Hall–Kier alpha value is -0.520. The van der Waals surface area contributed by atoms with E-state index in [-0.39, 0.29) is 5.54 Å². The molecule has 0 radical (unpaired) electrons. The van der Waals surface area contributed by atoms with Gasteiger partial charge in [-0.15, -0.1) is 6.42 Å². The van der Waals surface area contributed by atoms with Crippen molar-refractivity contribution in [2.45, 2.75) is 52.1 Å². The van der Waals surface area contributed by atoms with Gasteiger partial charge >= 0.3 is 0 Å². The van der Waals surface area contributed by atoms with Crippen LogP contribution in [0.25, 0.3) is 0 Å². The highest BCUT2D eigenvalue weighted by Crippen LogP contribution is 2.04. The quantitative estimate of drug-likeness (QED) is 0.533. The molecule has 2 nitrogen and oxygen atoms in total. The molecule has 0 aromatic carbocycles. The molecule has 0 fully saturated rings. The van der Waals surface area contributed by atoms with Gasteiger partial charge in [-0.25, -0.2) is 0 Å². The van der Waals surface area contributed by atoms with Crippen LogP contribution in [0.1, 0.15) is 40.5 Å². The smallest absolute Gasteiger partial charge is 0.0598 e. The van der Waals surface area contributed by atoms with Crippen molar-refractivity contribution in [2.24, 2.45) is 0 Å². The van der Waals surface area contributed by atoms with E-state index >= 15 is 0 Å². The zero-order chi connectivity index (χ0) is 11.9. The van der Waals surface area contributed by atoms with E-state index in [4.69, 9.17) is 6.42 Å². The van der Waals surface area contributed by atoms with Crippen molar-refractivity contribution >= 4 is 0 Å². The molecule has 0 aliphatic rings. The second-order valence-corrected chi connectivity index (χ2v) is 5.29. The standard InChI is InChI=1S/C13H26N2/c1-7-11-15(6)12(2)9-8-10-14-13(3,4)5/h1,12,14H,8-11H2,2-6H3. The molecule has 0 aliphatic carbocycles. The van der Waals surface area contributed by atoms with E-state index in [2.05, 4.69) is 50.9 Å². The van der Waals surface area contributed by atoms with Gasteiger partial charge in [-0.3, -0.25) is 4.90 Å². The number of hydrogen-bond acceptors (Lipinski definition) is 2.